The highest BCUT2D eigenvalue weighted by Crippen LogP contribution is 2.24. The summed E-state index contributed by atoms with van der Waals surface area (Å²) in [5, 5.41) is 29.4. The van der Waals surface area contributed by atoms with Crippen molar-refractivity contribution in [1.29, 1.82) is 0 Å². The van der Waals surface area contributed by atoms with Gasteiger partial charge in [0.05, 0.1) is 6.20 Å². The Hall–Kier alpha value is -2.08. The van der Waals surface area contributed by atoms with Crippen LogP contribution in [0.25, 0.3) is 0 Å². The molecule has 6 nitrogen and oxygen atoms in total. The van der Waals surface area contributed by atoms with Crippen molar-refractivity contribution in [1.82, 2.24) is 20.3 Å². The van der Waals surface area contributed by atoms with Gasteiger partial charge in [-0.3, -0.25) is 4.68 Å². The van der Waals surface area contributed by atoms with Crippen LogP contribution in [-0.4, -0.2) is 31.8 Å². The Labute approximate surface area is 105 Å². The van der Waals surface area contributed by atoms with Gasteiger partial charge in [-0.05, 0) is 30.7 Å². The average molecular weight is 248 g/mol. The van der Waals surface area contributed by atoms with Crippen molar-refractivity contribution in [3.8, 4) is 11.5 Å². The van der Waals surface area contributed by atoms with Gasteiger partial charge in [-0.2, -0.15) is 0 Å². The van der Waals surface area contributed by atoms with Crippen LogP contribution in [0.15, 0.2) is 30.6 Å². The molecule has 96 valence electrons. The lowest BCUT2D eigenvalue weighted by molar-refractivity contribution is 0.403. The van der Waals surface area contributed by atoms with Crippen LogP contribution in [0.3, 0.4) is 0 Å². The molecule has 0 aliphatic rings. The van der Waals surface area contributed by atoms with E-state index in [1.807, 2.05) is 6.20 Å². The number of aromatic nitrogens is 3. The lowest BCUT2D eigenvalue weighted by Crippen LogP contribution is -2.16. The molecule has 0 spiro atoms. The van der Waals surface area contributed by atoms with Crippen LogP contribution in [0.1, 0.15) is 12.0 Å². The van der Waals surface area contributed by atoms with Gasteiger partial charge in [0.1, 0.15) is 0 Å². The van der Waals surface area contributed by atoms with Crippen LogP contribution in [0.4, 0.5) is 0 Å². The molecule has 0 saturated carbocycles. The standard InChI is InChI=1S/C12H16N4O2/c17-11-3-2-10(8-12(11)18)9-13-4-1-6-16-7-5-14-15-16/h2-3,5,7-8,13,17-18H,1,4,6,9H2. The minimum absolute atomic E-state index is 0.0862. The number of rotatable bonds is 6. The molecule has 0 radical (unpaired) electrons. The van der Waals surface area contributed by atoms with Gasteiger partial charge in [-0.25, -0.2) is 0 Å². The summed E-state index contributed by atoms with van der Waals surface area (Å²) in [6.45, 7) is 2.33. The summed E-state index contributed by atoms with van der Waals surface area (Å²) >= 11 is 0. The molecule has 1 heterocycles. The molecular weight excluding hydrogens is 232 g/mol. The Bertz CT molecular complexity index is 485. The molecule has 0 saturated heterocycles. The average Bonchev–Trinajstić information content (AvgIpc) is 2.86. The second-order valence-corrected chi connectivity index (χ2v) is 4.02. The SMILES string of the molecule is Oc1ccc(CNCCCn2ccnn2)cc1O. The zero-order valence-corrected chi connectivity index (χ0v) is 9.95. The predicted molar refractivity (Wildman–Crippen MR) is 66.1 cm³/mol. The van der Waals surface area contributed by atoms with E-state index < -0.39 is 0 Å². The van der Waals surface area contributed by atoms with Gasteiger partial charge in [0.2, 0.25) is 0 Å². The molecule has 0 bridgehead atoms. The van der Waals surface area contributed by atoms with Gasteiger partial charge < -0.3 is 15.5 Å². The lowest BCUT2D eigenvalue weighted by Gasteiger charge is -2.06. The summed E-state index contributed by atoms with van der Waals surface area (Å²) in [6, 6.07) is 4.82. The molecule has 2 aromatic rings. The zero-order chi connectivity index (χ0) is 12.8. The lowest BCUT2D eigenvalue weighted by atomic mass is 10.2. The maximum absolute atomic E-state index is 9.33. The fourth-order valence-corrected chi connectivity index (χ4v) is 1.63. The van der Waals surface area contributed by atoms with E-state index in [0.29, 0.717) is 6.54 Å². The summed E-state index contributed by atoms with van der Waals surface area (Å²) in [4.78, 5) is 0. The monoisotopic (exact) mass is 248 g/mol. The third kappa shape index (κ3) is 3.46. The summed E-state index contributed by atoms with van der Waals surface area (Å²) in [5.41, 5.74) is 0.936. The van der Waals surface area contributed by atoms with E-state index in [-0.39, 0.29) is 11.5 Å². The largest absolute Gasteiger partial charge is 0.504 e. The molecule has 1 aromatic carbocycles. The number of phenols is 2. The fourth-order valence-electron chi connectivity index (χ4n) is 1.63. The Balaban J connectivity index is 1.67. The quantitative estimate of drug-likeness (QED) is 0.522. The summed E-state index contributed by atoms with van der Waals surface area (Å²) in [6.07, 6.45) is 4.44. The molecule has 1 aromatic heterocycles. The fraction of sp³-hybridized carbons (Fsp3) is 0.333. The molecule has 2 rings (SSSR count). The van der Waals surface area contributed by atoms with Gasteiger partial charge >= 0.3 is 0 Å². The number of aromatic hydroxyl groups is 2. The van der Waals surface area contributed by atoms with E-state index in [2.05, 4.69) is 15.6 Å². The molecule has 0 unspecified atom stereocenters. The first kappa shape index (κ1) is 12.4. The van der Waals surface area contributed by atoms with Gasteiger partial charge in [0.15, 0.2) is 11.5 Å². The highest BCUT2D eigenvalue weighted by Gasteiger charge is 2.00. The number of benzene rings is 1. The van der Waals surface area contributed by atoms with Crippen molar-refractivity contribution < 1.29 is 10.2 Å². The molecular formula is C12H16N4O2. The number of hydrogen-bond acceptors (Lipinski definition) is 5. The van der Waals surface area contributed by atoms with Gasteiger partial charge in [0, 0.05) is 19.3 Å². The second-order valence-electron chi connectivity index (χ2n) is 4.02. The zero-order valence-electron chi connectivity index (χ0n) is 9.95. The van der Waals surface area contributed by atoms with Crippen molar-refractivity contribution in [3.05, 3.63) is 36.2 Å². The summed E-state index contributed by atoms with van der Waals surface area (Å²) in [7, 11) is 0. The first-order chi connectivity index (χ1) is 8.75. The third-order valence-electron chi connectivity index (χ3n) is 2.58. The van der Waals surface area contributed by atoms with E-state index in [1.165, 1.54) is 6.07 Å². The van der Waals surface area contributed by atoms with E-state index in [0.717, 1.165) is 25.1 Å². The van der Waals surface area contributed by atoms with Crippen molar-refractivity contribution in [3.63, 3.8) is 0 Å². The van der Waals surface area contributed by atoms with Crippen LogP contribution >= 0.6 is 0 Å². The maximum Gasteiger partial charge on any atom is 0.157 e. The molecule has 0 atom stereocenters. The van der Waals surface area contributed by atoms with Gasteiger partial charge in [0.25, 0.3) is 0 Å². The van der Waals surface area contributed by atoms with Crippen molar-refractivity contribution in [2.45, 2.75) is 19.5 Å². The van der Waals surface area contributed by atoms with E-state index in [9.17, 15) is 10.2 Å². The smallest absolute Gasteiger partial charge is 0.157 e. The molecule has 6 heteroatoms. The van der Waals surface area contributed by atoms with Gasteiger partial charge in [-0.15, -0.1) is 5.10 Å². The third-order valence-corrected chi connectivity index (χ3v) is 2.58. The first-order valence-electron chi connectivity index (χ1n) is 5.81. The molecule has 0 amide bonds. The highest BCUT2D eigenvalue weighted by atomic mass is 16.3. The number of hydrogen-bond donors (Lipinski definition) is 3. The van der Waals surface area contributed by atoms with Crippen LogP contribution in [0.2, 0.25) is 0 Å². The van der Waals surface area contributed by atoms with E-state index in [4.69, 9.17) is 0 Å². The van der Waals surface area contributed by atoms with Crippen molar-refractivity contribution in [2.24, 2.45) is 0 Å². The van der Waals surface area contributed by atoms with Crippen LogP contribution in [-0.2, 0) is 13.1 Å². The topological polar surface area (TPSA) is 83.2 Å². The van der Waals surface area contributed by atoms with Crippen molar-refractivity contribution in [2.75, 3.05) is 6.54 Å². The predicted octanol–water partition coefficient (Wildman–Crippen LogP) is 0.869. The molecule has 0 aliphatic carbocycles. The van der Waals surface area contributed by atoms with Crippen LogP contribution in [0, 0.1) is 0 Å². The number of aryl methyl sites for hydroxylation is 1. The number of nitrogens with one attached hydrogen (secondary N) is 1. The Morgan fingerprint density at radius 2 is 2.11 bits per heavy atom. The normalized spacial score (nSPS) is 10.7. The number of phenolic OH excluding ortho intramolecular Hbond substituents is 2. The molecule has 0 fully saturated rings. The highest BCUT2D eigenvalue weighted by molar-refractivity contribution is 5.40. The van der Waals surface area contributed by atoms with E-state index in [1.54, 1.807) is 23.0 Å². The minimum Gasteiger partial charge on any atom is -0.504 e. The van der Waals surface area contributed by atoms with Gasteiger partial charge in [-0.1, -0.05) is 11.3 Å². The molecule has 0 aliphatic heterocycles. The Morgan fingerprint density at radius 3 is 2.83 bits per heavy atom. The van der Waals surface area contributed by atoms with E-state index >= 15 is 0 Å². The number of nitrogens with zero attached hydrogens (tertiary/aromatic N) is 3. The van der Waals surface area contributed by atoms with Crippen LogP contribution in [0.5, 0.6) is 11.5 Å². The Kier molecular flexibility index (Phi) is 4.14. The molecule has 18 heavy (non-hydrogen) atoms. The van der Waals surface area contributed by atoms with Crippen molar-refractivity contribution >= 4 is 0 Å². The summed E-state index contributed by atoms with van der Waals surface area (Å²) < 4.78 is 1.79. The maximum atomic E-state index is 9.33. The minimum atomic E-state index is -0.0927. The summed E-state index contributed by atoms with van der Waals surface area (Å²) in [5.74, 6) is -0.179. The second kappa shape index (κ2) is 6.02. The molecule has 3 N–H and O–H groups in total. The van der Waals surface area contributed by atoms with Crippen LogP contribution < -0.4 is 5.32 Å². The Morgan fingerprint density at radius 1 is 1.22 bits per heavy atom. The first-order valence-corrected chi connectivity index (χ1v) is 5.81.